The fourth-order valence-corrected chi connectivity index (χ4v) is 1.82. The largest absolute Gasteiger partial charge is 0.402 e. The van der Waals surface area contributed by atoms with Crippen molar-refractivity contribution in [2.45, 2.75) is 19.8 Å². The zero-order valence-electron chi connectivity index (χ0n) is 11.6. The molecule has 0 aliphatic carbocycles. The molecule has 2 atom stereocenters. The Kier molecular flexibility index (Phi) is 6.07. The number of allylic oxidation sites excluding steroid dienone is 4. The van der Waals surface area contributed by atoms with E-state index in [2.05, 4.69) is 31.7 Å². The summed E-state index contributed by atoms with van der Waals surface area (Å²) in [4.78, 5) is 0. The number of hydrogen-bond donors (Lipinski definition) is 1. The minimum Gasteiger partial charge on any atom is -0.402 e. The van der Waals surface area contributed by atoms with Crippen LogP contribution in [0.25, 0.3) is 0 Å². The van der Waals surface area contributed by atoms with Crippen LogP contribution in [0.4, 0.5) is 4.39 Å². The second kappa shape index (κ2) is 7.57. The van der Waals surface area contributed by atoms with E-state index < -0.39 is 6.67 Å². The first-order chi connectivity index (χ1) is 9.06. The monoisotopic (exact) mass is 259 g/mol. The van der Waals surface area contributed by atoms with E-state index in [1.807, 2.05) is 31.2 Å². The van der Waals surface area contributed by atoms with Gasteiger partial charge in [-0.05, 0) is 23.1 Å². The van der Waals surface area contributed by atoms with E-state index in [4.69, 9.17) is 5.73 Å². The molecule has 0 bridgehead atoms. The van der Waals surface area contributed by atoms with Gasteiger partial charge in [-0.3, -0.25) is 0 Å². The van der Waals surface area contributed by atoms with Crippen molar-refractivity contribution in [3.05, 3.63) is 72.0 Å². The molecule has 0 saturated carbocycles. The van der Waals surface area contributed by atoms with Crippen LogP contribution in [0.3, 0.4) is 0 Å². The molecule has 1 aromatic rings. The van der Waals surface area contributed by atoms with Gasteiger partial charge < -0.3 is 5.73 Å². The molecule has 19 heavy (non-hydrogen) atoms. The van der Waals surface area contributed by atoms with Gasteiger partial charge in [0, 0.05) is 11.6 Å². The fraction of sp³-hybridized carbons (Fsp3) is 0.294. The van der Waals surface area contributed by atoms with Crippen molar-refractivity contribution >= 4 is 0 Å². The van der Waals surface area contributed by atoms with Gasteiger partial charge in [-0.2, -0.15) is 0 Å². The van der Waals surface area contributed by atoms with Crippen LogP contribution in [0.2, 0.25) is 0 Å². The molecule has 1 nitrogen and oxygen atoms in total. The Bertz CT molecular complexity index is 459. The molecule has 102 valence electrons. The van der Waals surface area contributed by atoms with Gasteiger partial charge in [-0.1, -0.05) is 62.9 Å². The Hall–Kier alpha value is -1.83. The summed E-state index contributed by atoms with van der Waals surface area (Å²) in [6.45, 7) is 7.28. The first-order valence-corrected chi connectivity index (χ1v) is 6.49. The van der Waals surface area contributed by atoms with Gasteiger partial charge >= 0.3 is 0 Å². The molecule has 2 N–H and O–H groups in total. The van der Waals surface area contributed by atoms with E-state index in [9.17, 15) is 4.39 Å². The van der Waals surface area contributed by atoms with Gasteiger partial charge in [0.1, 0.15) is 6.67 Å². The minimum absolute atomic E-state index is 0.0324. The van der Waals surface area contributed by atoms with Crippen LogP contribution in [0.1, 0.15) is 25.3 Å². The molecular weight excluding hydrogens is 237 g/mol. The van der Waals surface area contributed by atoms with E-state index in [1.54, 1.807) is 6.08 Å². The van der Waals surface area contributed by atoms with Crippen LogP contribution in [0.5, 0.6) is 0 Å². The molecule has 2 heteroatoms. The smallest absolute Gasteiger partial charge is 0.108 e. The molecule has 0 radical (unpaired) electrons. The van der Waals surface area contributed by atoms with E-state index in [1.165, 1.54) is 5.56 Å². The fourth-order valence-electron chi connectivity index (χ4n) is 1.82. The van der Waals surface area contributed by atoms with Crippen LogP contribution in [-0.4, -0.2) is 6.67 Å². The number of alkyl halides is 1. The third kappa shape index (κ3) is 4.74. The van der Waals surface area contributed by atoms with Crippen LogP contribution in [0, 0.1) is 5.92 Å². The quantitative estimate of drug-likeness (QED) is 0.755. The van der Waals surface area contributed by atoms with Crippen molar-refractivity contribution in [1.82, 2.24) is 0 Å². The maximum Gasteiger partial charge on any atom is 0.108 e. The predicted octanol–water partition coefficient (Wildman–Crippen LogP) is 4.35. The van der Waals surface area contributed by atoms with Crippen molar-refractivity contribution in [3.8, 4) is 0 Å². The summed E-state index contributed by atoms with van der Waals surface area (Å²) in [6.07, 6.45) is 5.56. The highest BCUT2D eigenvalue weighted by Gasteiger charge is 2.08. The maximum absolute atomic E-state index is 12.5. The molecule has 0 aromatic heterocycles. The number of rotatable bonds is 6. The molecule has 0 amide bonds. The summed E-state index contributed by atoms with van der Waals surface area (Å²) < 4.78 is 12.5. The predicted molar refractivity (Wildman–Crippen MR) is 80.5 cm³/mol. The van der Waals surface area contributed by atoms with Gasteiger partial charge in [-0.15, -0.1) is 0 Å². The molecular formula is C17H22FN. The maximum atomic E-state index is 12.5. The average Bonchev–Trinajstić information content (AvgIpc) is 2.43. The Balaban J connectivity index is 2.82. The van der Waals surface area contributed by atoms with Crippen LogP contribution in [0.15, 0.2) is 66.4 Å². The van der Waals surface area contributed by atoms with Crippen LogP contribution >= 0.6 is 0 Å². The van der Waals surface area contributed by atoms with E-state index in [0.29, 0.717) is 5.70 Å². The zero-order chi connectivity index (χ0) is 14.3. The average molecular weight is 259 g/mol. The Labute approximate surface area is 115 Å². The lowest BCUT2D eigenvalue weighted by atomic mass is 9.94. The zero-order valence-corrected chi connectivity index (χ0v) is 11.6. The van der Waals surface area contributed by atoms with Crippen molar-refractivity contribution in [2.75, 3.05) is 6.67 Å². The number of nitrogens with two attached hydrogens (primary N) is 1. The number of halogens is 1. The molecule has 1 rings (SSSR count). The molecule has 2 unspecified atom stereocenters. The van der Waals surface area contributed by atoms with E-state index >= 15 is 0 Å². The summed E-state index contributed by atoms with van der Waals surface area (Å²) in [5.41, 5.74) is 8.35. The van der Waals surface area contributed by atoms with Gasteiger partial charge in [0.05, 0.1) is 0 Å². The molecule has 0 spiro atoms. The molecule has 0 aliphatic rings. The van der Waals surface area contributed by atoms with Crippen LogP contribution in [-0.2, 0) is 0 Å². The second-order valence-corrected chi connectivity index (χ2v) is 4.71. The molecule has 0 aliphatic heterocycles. The van der Waals surface area contributed by atoms with E-state index in [-0.39, 0.29) is 11.8 Å². The molecule has 0 heterocycles. The molecule has 0 fully saturated rings. The second-order valence-electron chi connectivity index (χ2n) is 4.71. The van der Waals surface area contributed by atoms with E-state index in [0.717, 1.165) is 5.57 Å². The summed E-state index contributed by atoms with van der Waals surface area (Å²) >= 11 is 0. The van der Waals surface area contributed by atoms with Crippen LogP contribution < -0.4 is 5.73 Å². The third-order valence-corrected chi connectivity index (χ3v) is 3.27. The summed E-state index contributed by atoms with van der Waals surface area (Å²) in [6, 6.07) is 10.2. The highest BCUT2D eigenvalue weighted by Crippen LogP contribution is 2.21. The Morgan fingerprint density at radius 1 is 1.32 bits per heavy atom. The highest BCUT2D eigenvalue weighted by molar-refractivity contribution is 5.31. The first-order valence-electron chi connectivity index (χ1n) is 6.49. The molecule has 0 saturated heterocycles. The number of hydrogen-bond acceptors (Lipinski definition) is 1. The standard InChI is InChI=1S/C17H22FN/c1-13(16-7-5-4-6-8-16)9-10-17(11-12-18)14(2)15(3)19/h4-11,13-14H,3,12,19H2,1-2H3/b10-9-,17-11+. The summed E-state index contributed by atoms with van der Waals surface area (Å²) in [5.74, 6) is 0.248. The highest BCUT2D eigenvalue weighted by atomic mass is 19.1. The number of benzene rings is 1. The lowest BCUT2D eigenvalue weighted by molar-refractivity contribution is 0.557. The van der Waals surface area contributed by atoms with Gasteiger partial charge in [0.25, 0.3) is 0 Å². The topological polar surface area (TPSA) is 26.0 Å². The third-order valence-electron chi connectivity index (χ3n) is 3.27. The van der Waals surface area contributed by atoms with Gasteiger partial charge in [0.15, 0.2) is 0 Å². The lowest BCUT2D eigenvalue weighted by Crippen LogP contribution is -2.09. The molecule has 1 aromatic carbocycles. The first kappa shape index (κ1) is 15.2. The summed E-state index contributed by atoms with van der Waals surface area (Å²) in [7, 11) is 0. The Morgan fingerprint density at radius 2 is 1.95 bits per heavy atom. The SMILES string of the molecule is C=C(N)C(C)C(/C=C\C(C)c1ccccc1)=C/CF. The van der Waals surface area contributed by atoms with Crippen molar-refractivity contribution < 1.29 is 4.39 Å². The van der Waals surface area contributed by atoms with Crippen molar-refractivity contribution in [1.29, 1.82) is 0 Å². The van der Waals surface area contributed by atoms with Gasteiger partial charge in [-0.25, -0.2) is 4.39 Å². The lowest BCUT2D eigenvalue weighted by Gasteiger charge is -2.13. The van der Waals surface area contributed by atoms with Gasteiger partial charge in [0.2, 0.25) is 0 Å². The normalized spacial score (nSPS) is 15.4. The van der Waals surface area contributed by atoms with Crippen molar-refractivity contribution in [2.24, 2.45) is 11.7 Å². The Morgan fingerprint density at radius 3 is 2.47 bits per heavy atom. The minimum atomic E-state index is -0.489. The van der Waals surface area contributed by atoms with Crippen molar-refractivity contribution in [3.63, 3.8) is 0 Å². The summed E-state index contributed by atoms with van der Waals surface area (Å²) in [5, 5.41) is 0.